The van der Waals surface area contributed by atoms with E-state index < -0.39 is 0 Å². The van der Waals surface area contributed by atoms with Crippen LogP contribution in [0.15, 0.2) is 12.1 Å². The van der Waals surface area contributed by atoms with Gasteiger partial charge in [-0.05, 0) is 63.1 Å². The number of aromatic hydroxyl groups is 1. The molecule has 4 heteroatoms. The highest BCUT2D eigenvalue weighted by Crippen LogP contribution is 2.74. The van der Waals surface area contributed by atoms with Crippen LogP contribution in [-0.2, 0) is 11.8 Å². The summed E-state index contributed by atoms with van der Waals surface area (Å²) in [5, 5.41) is 20.7. The highest BCUT2D eigenvalue weighted by atomic mass is 16.5. The molecule has 1 aromatic carbocycles. The molecule has 1 saturated heterocycles. The molecule has 142 valence electrons. The van der Waals surface area contributed by atoms with Crippen LogP contribution in [-0.4, -0.2) is 47.0 Å². The molecule has 7 atom stereocenters. The van der Waals surface area contributed by atoms with Gasteiger partial charge >= 0.3 is 0 Å². The Balaban J connectivity index is 0.000000727. The molecule has 3 fully saturated rings. The monoisotopic (exact) mass is 357 g/mol. The second kappa shape index (κ2) is 5.17. The van der Waals surface area contributed by atoms with Crippen LogP contribution in [0.2, 0.25) is 0 Å². The smallest absolute Gasteiger partial charge is 0.165 e. The lowest BCUT2D eigenvalue weighted by molar-refractivity contribution is -0.0646. The van der Waals surface area contributed by atoms with E-state index in [0.29, 0.717) is 29.0 Å². The summed E-state index contributed by atoms with van der Waals surface area (Å²) >= 11 is 0. The first-order chi connectivity index (χ1) is 12.5. The number of aliphatic hydroxyl groups is 1. The Kier molecular flexibility index (Phi) is 3.36. The van der Waals surface area contributed by atoms with Gasteiger partial charge in [0.2, 0.25) is 0 Å². The second-order valence-corrected chi connectivity index (χ2v) is 9.25. The second-order valence-electron chi connectivity index (χ2n) is 9.25. The number of aliphatic hydroxyl groups excluding tert-OH is 1. The highest BCUT2D eigenvalue weighted by Gasteiger charge is 2.76. The number of hydrogen-bond donors (Lipinski definition) is 2. The molecule has 5 aliphatic rings. The fourth-order valence-corrected chi connectivity index (χ4v) is 7.65. The first-order valence-electron chi connectivity index (χ1n) is 10.4. The minimum atomic E-state index is -0.287. The zero-order chi connectivity index (χ0) is 18.4. The van der Waals surface area contributed by atoms with E-state index in [1.54, 1.807) is 0 Å². The highest BCUT2D eigenvalue weighted by molar-refractivity contribution is 5.62. The van der Waals surface area contributed by atoms with Crippen molar-refractivity contribution in [2.45, 2.75) is 70.1 Å². The SMILES string of the molecule is CC.CC(O)C1CC2C3N(C)C[C@@]34Cc3ccc(O)c5c3C2(C4)[C@H](C1)O5. The van der Waals surface area contributed by atoms with Crippen LogP contribution in [0.5, 0.6) is 11.5 Å². The molecule has 26 heavy (non-hydrogen) atoms. The van der Waals surface area contributed by atoms with Crippen molar-refractivity contribution in [1.82, 2.24) is 4.90 Å². The molecule has 2 aliphatic heterocycles. The third-order valence-electron chi connectivity index (χ3n) is 8.18. The molecule has 2 spiro atoms. The lowest BCUT2D eigenvalue weighted by Gasteiger charge is -2.55. The predicted molar refractivity (Wildman–Crippen MR) is 101 cm³/mol. The minimum absolute atomic E-state index is 0.0719. The Bertz CT molecular complexity index is 762. The number of nitrogens with zero attached hydrogens (tertiary/aromatic N) is 1. The van der Waals surface area contributed by atoms with Gasteiger partial charge in [0.05, 0.1) is 6.10 Å². The summed E-state index contributed by atoms with van der Waals surface area (Å²) < 4.78 is 6.41. The molecule has 6 rings (SSSR count). The van der Waals surface area contributed by atoms with Crippen molar-refractivity contribution >= 4 is 0 Å². The normalized spacial score (nSPS) is 44.8. The fourth-order valence-electron chi connectivity index (χ4n) is 7.65. The summed E-state index contributed by atoms with van der Waals surface area (Å²) in [6, 6.07) is 4.56. The molecule has 2 heterocycles. The van der Waals surface area contributed by atoms with Gasteiger partial charge < -0.3 is 19.8 Å². The van der Waals surface area contributed by atoms with Crippen molar-refractivity contribution in [2.24, 2.45) is 17.3 Å². The van der Waals surface area contributed by atoms with Gasteiger partial charge in [-0.3, -0.25) is 0 Å². The largest absolute Gasteiger partial charge is 0.504 e. The number of likely N-dealkylation sites (tertiary alicyclic amines) is 1. The number of phenolic OH excluding ortho intramolecular Hbond substituents is 1. The summed E-state index contributed by atoms with van der Waals surface area (Å²) in [6.45, 7) is 7.10. The number of phenols is 1. The van der Waals surface area contributed by atoms with Crippen molar-refractivity contribution in [1.29, 1.82) is 0 Å². The average Bonchev–Trinajstić information content (AvgIpc) is 3.04. The van der Waals surface area contributed by atoms with Crippen molar-refractivity contribution < 1.29 is 14.9 Å². The molecular weight excluding hydrogens is 326 g/mol. The minimum Gasteiger partial charge on any atom is -0.504 e. The third kappa shape index (κ3) is 1.69. The molecule has 2 saturated carbocycles. The van der Waals surface area contributed by atoms with E-state index in [2.05, 4.69) is 18.0 Å². The number of hydrogen-bond acceptors (Lipinski definition) is 4. The van der Waals surface area contributed by atoms with Crippen molar-refractivity contribution in [2.75, 3.05) is 13.6 Å². The Morgan fingerprint density at radius 3 is 2.73 bits per heavy atom. The Hall–Kier alpha value is -1.26. The van der Waals surface area contributed by atoms with Gasteiger partial charge in [-0.25, -0.2) is 0 Å². The van der Waals surface area contributed by atoms with Crippen molar-refractivity contribution in [3.05, 3.63) is 23.3 Å². The van der Waals surface area contributed by atoms with Crippen LogP contribution in [0.25, 0.3) is 0 Å². The lowest BCUT2D eigenvalue weighted by Crippen LogP contribution is -2.63. The molecule has 0 radical (unpaired) electrons. The van der Waals surface area contributed by atoms with Crippen LogP contribution >= 0.6 is 0 Å². The molecule has 0 amide bonds. The van der Waals surface area contributed by atoms with Gasteiger partial charge in [0.15, 0.2) is 11.5 Å². The maximum absolute atomic E-state index is 10.4. The van der Waals surface area contributed by atoms with Gasteiger partial charge in [0.25, 0.3) is 0 Å². The molecule has 3 aliphatic carbocycles. The quantitative estimate of drug-likeness (QED) is 0.811. The van der Waals surface area contributed by atoms with Crippen LogP contribution in [0.4, 0.5) is 0 Å². The number of ether oxygens (including phenoxy) is 1. The van der Waals surface area contributed by atoms with E-state index in [1.165, 1.54) is 24.1 Å². The van der Waals surface area contributed by atoms with Gasteiger partial charge in [-0.2, -0.15) is 0 Å². The molecule has 2 bridgehead atoms. The van der Waals surface area contributed by atoms with Crippen LogP contribution in [0.1, 0.15) is 51.2 Å². The molecule has 4 nitrogen and oxygen atoms in total. The van der Waals surface area contributed by atoms with E-state index >= 15 is 0 Å². The zero-order valence-corrected chi connectivity index (χ0v) is 16.3. The van der Waals surface area contributed by atoms with Crippen molar-refractivity contribution in [3.63, 3.8) is 0 Å². The molecular formula is C22H31NO3. The summed E-state index contributed by atoms with van der Waals surface area (Å²) in [5.74, 6) is 1.90. The first-order valence-corrected chi connectivity index (χ1v) is 10.4. The fraction of sp³-hybridized carbons (Fsp3) is 0.727. The molecule has 5 unspecified atom stereocenters. The summed E-state index contributed by atoms with van der Waals surface area (Å²) in [4.78, 5) is 2.53. The Morgan fingerprint density at radius 2 is 2.04 bits per heavy atom. The summed E-state index contributed by atoms with van der Waals surface area (Å²) in [6.07, 6.45) is 4.16. The van der Waals surface area contributed by atoms with Gasteiger partial charge in [-0.1, -0.05) is 19.9 Å². The molecule has 2 N–H and O–H groups in total. The number of fused-ring (bicyclic) bond motifs is 1. The topological polar surface area (TPSA) is 52.9 Å². The van der Waals surface area contributed by atoms with Gasteiger partial charge in [-0.15, -0.1) is 0 Å². The zero-order valence-electron chi connectivity index (χ0n) is 16.3. The Morgan fingerprint density at radius 1 is 1.27 bits per heavy atom. The van der Waals surface area contributed by atoms with E-state index in [9.17, 15) is 10.2 Å². The number of rotatable bonds is 1. The van der Waals surface area contributed by atoms with Crippen LogP contribution in [0, 0.1) is 17.3 Å². The third-order valence-corrected chi connectivity index (χ3v) is 8.18. The maximum Gasteiger partial charge on any atom is 0.165 e. The van der Waals surface area contributed by atoms with Crippen LogP contribution < -0.4 is 4.74 Å². The summed E-state index contributed by atoms with van der Waals surface area (Å²) in [5.41, 5.74) is 3.20. The standard InChI is InChI=1S/C20H25NO3.C2H6/c1-10(22)12-5-13-18-19(9-21(18)2)7-11-3-4-14(23)17-16(11)20(13,8-19)15(6-12)24-17;1-2/h3-4,10,12-13,15,18,22-23H,5-9H2,1-2H3;1-2H3/t10?,12?,13?,15-,18?,19-,20?;/m0./s1. The Labute approximate surface area is 156 Å². The van der Waals surface area contributed by atoms with Gasteiger partial charge in [0, 0.05) is 29.0 Å². The van der Waals surface area contributed by atoms with E-state index in [-0.39, 0.29) is 17.6 Å². The molecule has 0 aromatic heterocycles. The number of benzene rings is 1. The van der Waals surface area contributed by atoms with Gasteiger partial charge in [0.1, 0.15) is 6.10 Å². The van der Waals surface area contributed by atoms with Crippen LogP contribution in [0.3, 0.4) is 0 Å². The predicted octanol–water partition coefficient (Wildman–Crippen LogP) is 3.08. The van der Waals surface area contributed by atoms with Crippen molar-refractivity contribution in [3.8, 4) is 11.5 Å². The van der Waals surface area contributed by atoms with E-state index in [1.807, 2.05) is 26.8 Å². The molecule has 1 aromatic rings. The maximum atomic E-state index is 10.4. The average molecular weight is 357 g/mol. The summed E-state index contributed by atoms with van der Waals surface area (Å²) in [7, 11) is 2.26. The first kappa shape index (κ1) is 16.9. The van der Waals surface area contributed by atoms with E-state index in [4.69, 9.17) is 4.74 Å². The lowest BCUT2D eigenvalue weighted by atomic mass is 9.57. The van der Waals surface area contributed by atoms with E-state index in [0.717, 1.165) is 25.0 Å².